The van der Waals surface area contributed by atoms with Crippen molar-refractivity contribution in [2.24, 2.45) is 5.92 Å². The molecule has 1 rings (SSSR count). The van der Waals surface area contributed by atoms with Crippen LogP contribution in [-0.2, 0) is 6.42 Å². The summed E-state index contributed by atoms with van der Waals surface area (Å²) in [4.78, 5) is 4.49. The highest BCUT2D eigenvalue weighted by Crippen LogP contribution is 2.14. The first kappa shape index (κ1) is 12.7. The summed E-state index contributed by atoms with van der Waals surface area (Å²) in [7, 11) is 0. The molecule has 0 aliphatic rings. The van der Waals surface area contributed by atoms with E-state index in [9.17, 15) is 0 Å². The Balaban J connectivity index is 2.39. The number of nitrogens with zero attached hydrogens (tertiary/aromatic N) is 1. The Hall–Kier alpha value is -0.410. The lowest BCUT2D eigenvalue weighted by Crippen LogP contribution is -2.34. The maximum absolute atomic E-state index is 4.49. The van der Waals surface area contributed by atoms with E-state index < -0.39 is 0 Å². The molecule has 1 aromatic heterocycles. The fourth-order valence-corrected chi connectivity index (χ4v) is 2.52. The molecular weight excluding hydrogens is 204 g/mol. The van der Waals surface area contributed by atoms with Gasteiger partial charge in [0.25, 0.3) is 0 Å². The van der Waals surface area contributed by atoms with E-state index in [1.807, 2.05) is 0 Å². The van der Waals surface area contributed by atoms with E-state index in [0.29, 0.717) is 12.0 Å². The van der Waals surface area contributed by atoms with Crippen LogP contribution < -0.4 is 5.32 Å². The summed E-state index contributed by atoms with van der Waals surface area (Å²) in [5.41, 5.74) is 1.15. The van der Waals surface area contributed by atoms with Gasteiger partial charge >= 0.3 is 0 Å². The SMILES string of the molecule is CCNC(CCc1nc(C)cs1)C(C)C. The molecule has 0 amide bonds. The summed E-state index contributed by atoms with van der Waals surface area (Å²) >= 11 is 1.78. The van der Waals surface area contributed by atoms with Crippen molar-refractivity contribution in [3.63, 3.8) is 0 Å². The van der Waals surface area contributed by atoms with Crippen molar-refractivity contribution >= 4 is 11.3 Å². The minimum Gasteiger partial charge on any atom is -0.314 e. The molecule has 0 aliphatic heterocycles. The van der Waals surface area contributed by atoms with Crippen LogP contribution in [0.15, 0.2) is 5.38 Å². The maximum atomic E-state index is 4.49. The lowest BCUT2D eigenvalue weighted by molar-refractivity contribution is 0.385. The van der Waals surface area contributed by atoms with Gasteiger partial charge in [-0.3, -0.25) is 0 Å². The maximum Gasteiger partial charge on any atom is 0.0928 e. The molecule has 3 heteroatoms. The third-order valence-corrected chi connectivity index (χ3v) is 3.63. The molecule has 86 valence electrons. The Morgan fingerprint density at radius 2 is 2.20 bits per heavy atom. The second kappa shape index (κ2) is 6.23. The van der Waals surface area contributed by atoms with Gasteiger partial charge in [0.05, 0.1) is 5.01 Å². The van der Waals surface area contributed by atoms with Crippen molar-refractivity contribution in [3.05, 3.63) is 16.1 Å². The average Bonchev–Trinajstić information content (AvgIpc) is 2.58. The first-order valence-corrected chi connectivity index (χ1v) is 6.65. The highest BCUT2D eigenvalue weighted by Gasteiger charge is 2.12. The van der Waals surface area contributed by atoms with Gasteiger partial charge in [0.1, 0.15) is 0 Å². The van der Waals surface area contributed by atoms with Crippen LogP contribution in [0.3, 0.4) is 0 Å². The third kappa shape index (κ3) is 4.31. The summed E-state index contributed by atoms with van der Waals surface area (Å²) < 4.78 is 0. The molecule has 1 aromatic rings. The van der Waals surface area contributed by atoms with Crippen LogP contribution >= 0.6 is 11.3 Å². The van der Waals surface area contributed by atoms with Gasteiger partial charge in [-0.25, -0.2) is 4.98 Å². The minimum atomic E-state index is 0.624. The minimum absolute atomic E-state index is 0.624. The number of thiazole rings is 1. The second-order valence-electron chi connectivity index (χ2n) is 4.33. The van der Waals surface area contributed by atoms with Gasteiger partial charge in [-0.05, 0) is 25.8 Å². The zero-order valence-electron chi connectivity index (χ0n) is 10.2. The van der Waals surface area contributed by atoms with Crippen molar-refractivity contribution in [1.29, 1.82) is 0 Å². The molecule has 0 aromatic carbocycles. The number of hydrogen-bond donors (Lipinski definition) is 1. The molecular formula is C12H22N2S. The van der Waals surface area contributed by atoms with Crippen molar-refractivity contribution in [2.75, 3.05) is 6.54 Å². The van der Waals surface area contributed by atoms with E-state index in [2.05, 4.69) is 43.4 Å². The first-order valence-electron chi connectivity index (χ1n) is 5.77. The van der Waals surface area contributed by atoms with E-state index in [1.54, 1.807) is 11.3 Å². The van der Waals surface area contributed by atoms with Crippen molar-refractivity contribution in [1.82, 2.24) is 10.3 Å². The van der Waals surface area contributed by atoms with Crippen LogP contribution in [0, 0.1) is 12.8 Å². The first-order chi connectivity index (χ1) is 7.13. The van der Waals surface area contributed by atoms with Gasteiger partial charge < -0.3 is 5.32 Å². The molecule has 0 spiro atoms. The molecule has 0 saturated heterocycles. The Bertz CT molecular complexity index is 281. The predicted molar refractivity (Wildman–Crippen MR) is 67.5 cm³/mol. The molecule has 0 bridgehead atoms. The van der Waals surface area contributed by atoms with Crippen LogP contribution in [0.25, 0.3) is 0 Å². The van der Waals surface area contributed by atoms with Crippen LogP contribution in [-0.4, -0.2) is 17.6 Å². The van der Waals surface area contributed by atoms with Gasteiger partial charge in [0.2, 0.25) is 0 Å². The zero-order valence-corrected chi connectivity index (χ0v) is 11.0. The lowest BCUT2D eigenvalue weighted by Gasteiger charge is -2.21. The lowest BCUT2D eigenvalue weighted by atomic mass is 9.99. The Morgan fingerprint density at radius 3 is 2.67 bits per heavy atom. The van der Waals surface area contributed by atoms with Crippen molar-refractivity contribution in [3.8, 4) is 0 Å². The molecule has 1 N–H and O–H groups in total. The highest BCUT2D eigenvalue weighted by molar-refractivity contribution is 7.09. The number of aryl methyl sites for hydroxylation is 2. The van der Waals surface area contributed by atoms with Crippen molar-refractivity contribution in [2.45, 2.75) is 46.6 Å². The second-order valence-corrected chi connectivity index (χ2v) is 5.27. The molecule has 15 heavy (non-hydrogen) atoms. The van der Waals surface area contributed by atoms with Gasteiger partial charge in [-0.15, -0.1) is 11.3 Å². The fraction of sp³-hybridized carbons (Fsp3) is 0.750. The summed E-state index contributed by atoms with van der Waals surface area (Å²) in [5.74, 6) is 0.700. The van der Waals surface area contributed by atoms with Gasteiger partial charge in [-0.2, -0.15) is 0 Å². The highest BCUT2D eigenvalue weighted by atomic mass is 32.1. The number of aromatic nitrogens is 1. The normalized spacial score (nSPS) is 13.4. The largest absolute Gasteiger partial charge is 0.314 e. The van der Waals surface area contributed by atoms with Gasteiger partial charge in [-0.1, -0.05) is 20.8 Å². The molecule has 0 aliphatic carbocycles. The van der Waals surface area contributed by atoms with Crippen LogP contribution in [0.1, 0.15) is 37.9 Å². The van der Waals surface area contributed by atoms with E-state index in [-0.39, 0.29) is 0 Å². The smallest absolute Gasteiger partial charge is 0.0928 e. The topological polar surface area (TPSA) is 24.9 Å². The summed E-state index contributed by atoms with van der Waals surface area (Å²) in [5, 5.41) is 6.94. The fourth-order valence-electron chi connectivity index (χ4n) is 1.73. The number of nitrogens with one attached hydrogen (secondary N) is 1. The molecule has 0 radical (unpaired) electrons. The van der Waals surface area contributed by atoms with Crippen molar-refractivity contribution < 1.29 is 0 Å². The summed E-state index contributed by atoms with van der Waals surface area (Å²) in [6.45, 7) is 9.84. The van der Waals surface area contributed by atoms with E-state index >= 15 is 0 Å². The molecule has 1 atom stereocenters. The van der Waals surface area contributed by atoms with Gasteiger partial charge in [0, 0.05) is 23.5 Å². The Morgan fingerprint density at radius 1 is 1.47 bits per heavy atom. The monoisotopic (exact) mass is 226 g/mol. The van der Waals surface area contributed by atoms with Gasteiger partial charge in [0.15, 0.2) is 0 Å². The van der Waals surface area contributed by atoms with E-state index in [4.69, 9.17) is 0 Å². The molecule has 0 saturated carbocycles. The molecule has 2 nitrogen and oxygen atoms in total. The Labute approximate surface area is 97.1 Å². The quantitative estimate of drug-likeness (QED) is 0.806. The standard InChI is InChI=1S/C12H22N2S/c1-5-13-11(9(2)3)6-7-12-14-10(4)8-15-12/h8-9,11,13H,5-7H2,1-4H3. The summed E-state index contributed by atoms with van der Waals surface area (Å²) in [6, 6.07) is 0.624. The molecule has 1 unspecified atom stereocenters. The average molecular weight is 226 g/mol. The third-order valence-electron chi connectivity index (χ3n) is 2.61. The number of rotatable bonds is 6. The van der Waals surface area contributed by atoms with Crippen LogP contribution in [0.5, 0.6) is 0 Å². The molecule has 1 heterocycles. The van der Waals surface area contributed by atoms with Crippen LogP contribution in [0.4, 0.5) is 0 Å². The Kier molecular flexibility index (Phi) is 5.26. The van der Waals surface area contributed by atoms with E-state index in [1.165, 1.54) is 11.4 Å². The predicted octanol–water partition coefficient (Wildman–Crippen LogP) is 3.02. The number of hydrogen-bond acceptors (Lipinski definition) is 3. The van der Waals surface area contributed by atoms with E-state index in [0.717, 1.165) is 18.7 Å². The zero-order chi connectivity index (χ0) is 11.3. The molecule has 0 fully saturated rings. The van der Waals surface area contributed by atoms with Crippen LogP contribution in [0.2, 0.25) is 0 Å². The summed E-state index contributed by atoms with van der Waals surface area (Å²) in [6.07, 6.45) is 2.30.